The number of hydrogen-bond donors (Lipinski definition) is 1. The molecule has 2 heterocycles. The van der Waals surface area contributed by atoms with E-state index >= 15 is 0 Å². The van der Waals surface area contributed by atoms with E-state index in [4.69, 9.17) is 0 Å². The fraction of sp³-hybridized carbons (Fsp3) is 0.294. The van der Waals surface area contributed by atoms with Crippen molar-refractivity contribution in [1.82, 2.24) is 14.7 Å². The van der Waals surface area contributed by atoms with Crippen molar-refractivity contribution in [3.05, 3.63) is 59.4 Å². The Bertz CT molecular complexity index is 800. The number of nitrogens with one attached hydrogen (secondary N) is 1. The maximum absolute atomic E-state index is 12.1. The predicted octanol–water partition coefficient (Wildman–Crippen LogP) is 2.17. The fourth-order valence-corrected chi connectivity index (χ4v) is 3.30. The number of aromatic nitrogens is 2. The Kier molecular flexibility index (Phi) is 5.22. The third-order valence-corrected chi connectivity index (χ3v) is 4.83. The van der Waals surface area contributed by atoms with Crippen molar-refractivity contribution in [3.63, 3.8) is 0 Å². The van der Waals surface area contributed by atoms with Crippen LogP contribution < -0.4 is 9.62 Å². The smallest absolute Gasteiger partial charge is 0.234 e. The van der Waals surface area contributed by atoms with Gasteiger partial charge in [0.05, 0.1) is 6.54 Å². The average Bonchev–Trinajstić information content (AvgIpc) is 3.14. The molecule has 1 N–H and O–H groups in total. The zero-order valence-corrected chi connectivity index (χ0v) is 14.1. The van der Waals surface area contributed by atoms with Gasteiger partial charge in [0.25, 0.3) is 0 Å². The summed E-state index contributed by atoms with van der Waals surface area (Å²) >= 11 is 0. The number of hydrogen-bond acceptors (Lipinski definition) is 5. The lowest BCUT2D eigenvalue weighted by Crippen LogP contribution is -2.24. The summed E-state index contributed by atoms with van der Waals surface area (Å²) < 4.78 is 26.6. The fourth-order valence-electron chi connectivity index (χ4n) is 2.54. The molecule has 24 heavy (non-hydrogen) atoms. The van der Waals surface area contributed by atoms with E-state index in [-0.39, 0.29) is 6.54 Å². The minimum atomic E-state index is -3.53. The van der Waals surface area contributed by atoms with Gasteiger partial charge in [0, 0.05) is 24.7 Å². The number of benzene rings is 1. The first-order valence-electron chi connectivity index (χ1n) is 7.92. The molecule has 6 nitrogen and oxygen atoms in total. The first-order valence-corrected chi connectivity index (χ1v) is 9.47. The van der Waals surface area contributed by atoms with Gasteiger partial charge >= 0.3 is 0 Å². The maximum Gasteiger partial charge on any atom is 0.234 e. The summed E-state index contributed by atoms with van der Waals surface area (Å²) in [6, 6.07) is 11.1. The minimum absolute atomic E-state index is 0.0726. The van der Waals surface area contributed by atoms with Gasteiger partial charge < -0.3 is 4.90 Å². The van der Waals surface area contributed by atoms with Crippen LogP contribution >= 0.6 is 0 Å². The topological polar surface area (TPSA) is 75.2 Å². The Morgan fingerprint density at radius 2 is 1.88 bits per heavy atom. The second-order valence-electron chi connectivity index (χ2n) is 5.60. The SMILES string of the molecule is O=S(=O)(/C=C/c1ccccc1)NCc1nccc(N2CCCC2)n1. The molecule has 1 aliphatic heterocycles. The van der Waals surface area contributed by atoms with Crippen molar-refractivity contribution in [2.75, 3.05) is 18.0 Å². The largest absolute Gasteiger partial charge is 0.357 e. The van der Waals surface area contributed by atoms with Gasteiger partial charge in [0.1, 0.15) is 11.6 Å². The molecule has 0 atom stereocenters. The normalized spacial score (nSPS) is 15.2. The molecule has 1 aromatic heterocycles. The monoisotopic (exact) mass is 344 g/mol. The quantitative estimate of drug-likeness (QED) is 0.869. The van der Waals surface area contributed by atoms with Crippen molar-refractivity contribution in [2.24, 2.45) is 0 Å². The van der Waals surface area contributed by atoms with E-state index in [1.165, 1.54) is 0 Å². The van der Waals surface area contributed by atoms with E-state index < -0.39 is 10.0 Å². The summed E-state index contributed by atoms with van der Waals surface area (Å²) in [6.07, 6.45) is 5.56. The molecule has 7 heteroatoms. The molecular formula is C17H20N4O2S. The van der Waals surface area contributed by atoms with Crippen molar-refractivity contribution in [3.8, 4) is 0 Å². The van der Waals surface area contributed by atoms with Gasteiger partial charge in [-0.25, -0.2) is 23.1 Å². The third kappa shape index (κ3) is 4.62. The Morgan fingerprint density at radius 1 is 1.12 bits per heavy atom. The van der Waals surface area contributed by atoms with Gasteiger partial charge in [-0.1, -0.05) is 30.3 Å². The second-order valence-corrected chi connectivity index (χ2v) is 7.26. The van der Waals surface area contributed by atoms with Crippen LogP contribution in [0.25, 0.3) is 6.08 Å². The van der Waals surface area contributed by atoms with Crippen LogP contribution in [-0.2, 0) is 16.6 Å². The van der Waals surface area contributed by atoms with Crippen LogP contribution in [0.5, 0.6) is 0 Å². The van der Waals surface area contributed by atoms with E-state index in [9.17, 15) is 8.42 Å². The highest BCUT2D eigenvalue weighted by atomic mass is 32.2. The molecule has 0 spiro atoms. The van der Waals surface area contributed by atoms with E-state index in [0.717, 1.165) is 42.7 Å². The number of rotatable bonds is 6. The molecule has 1 fully saturated rings. The van der Waals surface area contributed by atoms with Crippen LogP contribution in [0.2, 0.25) is 0 Å². The summed E-state index contributed by atoms with van der Waals surface area (Å²) in [5.41, 5.74) is 0.829. The highest BCUT2D eigenvalue weighted by molar-refractivity contribution is 7.92. The first kappa shape index (κ1) is 16.6. The molecule has 126 valence electrons. The van der Waals surface area contributed by atoms with E-state index in [2.05, 4.69) is 19.6 Å². The average molecular weight is 344 g/mol. The zero-order valence-electron chi connectivity index (χ0n) is 13.3. The summed E-state index contributed by atoms with van der Waals surface area (Å²) in [5.74, 6) is 1.33. The van der Waals surface area contributed by atoms with Gasteiger partial charge in [-0.3, -0.25) is 0 Å². The maximum atomic E-state index is 12.1. The second kappa shape index (κ2) is 7.55. The van der Waals surface area contributed by atoms with E-state index in [0.29, 0.717) is 5.82 Å². The van der Waals surface area contributed by atoms with Crippen LogP contribution in [-0.4, -0.2) is 31.5 Å². The highest BCUT2D eigenvalue weighted by Gasteiger charge is 2.14. The third-order valence-electron chi connectivity index (χ3n) is 3.79. The van der Waals surface area contributed by atoms with Gasteiger partial charge in [-0.05, 0) is 30.5 Å². The Morgan fingerprint density at radius 3 is 2.62 bits per heavy atom. The lowest BCUT2D eigenvalue weighted by molar-refractivity contribution is 0.588. The standard InChI is InChI=1S/C17H20N4O2S/c22-24(23,13-9-15-6-2-1-3-7-15)19-14-16-18-10-8-17(20-16)21-11-4-5-12-21/h1-3,6-10,13,19H,4-5,11-12,14H2/b13-9+. The first-order chi connectivity index (χ1) is 11.6. The summed E-state index contributed by atoms with van der Waals surface area (Å²) in [4.78, 5) is 10.8. The number of anilines is 1. The van der Waals surface area contributed by atoms with Crippen LogP contribution in [0.1, 0.15) is 24.2 Å². The van der Waals surface area contributed by atoms with Gasteiger partial charge in [0.15, 0.2) is 0 Å². The number of sulfonamides is 1. The molecule has 0 aliphatic carbocycles. The van der Waals surface area contributed by atoms with Crippen LogP contribution in [0.3, 0.4) is 0 Å². The Labute approximate surface area is 142 Å². The molecular weight excluding hydrogens is 324 g/mol. The molecule has 1 aliphatic rings. The van der Waals surface area contributed by atoms with Gasteiger partial charge in [-0.15, -0.1) is 0 Å². The molecule has 0 bridgehead atoms. The van der Waals surface area contributed by atoms with Crippen molar-refractivity contribution in [2.45, 2.75) is 19.4 Å². The molecule has 1 aromatic carbocycles. The Balaban J connectivity index is 1.62. The lowest BCUT2D eigenvalue weighted by atomic mass is 10.2. The predicted molar refractivity (Wildman–Crippen MR) is 94.7 cm³/mol. The van der Waals surface area contributed by atoms with Crippen molar-refractivity contribution in [1.29, 1.82) is 0 Å². The van der Waals surface area contributed by atoms with Crippen LogP contribution in [0.15, 0.2) is 48.0 Å². The molecule has 2 aromatic rings. The van der Waals surface area contributed by atoms with Crippen LogP contribution in [0.4, 0.5) is 5.82 Å². The molecule has 1 saturated heterocycles. The molecule has 0 unspecified atom stereocenters. The number of nitrogens with zero attached hydrogens (tertiary/aromatic N) is 3. The molecule has 3 rings (SSSR count). The van der Waals surface area contributed by atoms with Gasteiger partial charge in [-0.2, -0.15) is 0 Å². The zero-order chi connectivity index (χ0) is 16.8. The highest BCUT2D eigenvalue weighted by Crippen LogP contribution is 2.16. The minimum Gasteiger partial charge on any atom is -0.357 e. The molecule has 0 saturated carbocycles. The molecule has 0 amide bonds. The van der Waals surface area contributed by atoms with Crippen molar-refractivity contribution >= 4 is 21.9 Å². The van der Waals surface area contributed by atoms with E-state index in [1.807, 2.05) is 36.4 Å². The Hall–Kier alpha value is -2.25. The summed E-state index contributed by atoms with van der Waals surface area (Å²) in [7, 11) is -3.53. The van der Waals surface area contributed by atoms with Gasteiger partial charge in [0.2, 0.25) is 10.0 Å². The van der Waals surface area contributed by atoms with Crippen LogP contribution in [0, 0.1) is 0 Å². The van der Waals surface area contributed by atoms with E-state index in [1.54, 1.807) is 12.3 Å². The molecule has 0 radical (unpaired) electrons. The van der Waals surface area contributed by atoms with Crippen molar-refractivity contribution < 1.29 is 8.42 Å². The summed E-state index contributed by atoms with van der Waals surface area (Å²) in [5, 5.41) is 1.16. The summed E-state index contributed by atoms with van der Waals surface area (Å²) in [6.45, 7) is 2.05. The lowest BCUT2D eigenvalue weighted by Gasteiger charge is -2.16.